The zero-order valence-electron chi connectivity index (χ0n) is 10.6. The summed E-state index contributed by atoms with van der Waals surface area (Å²) < 4.78 is 2.81. The summed E-state index contributed by atoms with van der Waals surface area (Å²) in [6.45, 7) is 3.90. The molecule has 1 aromatic carbocycles. The fourth-order valence-corrected chi connectivity index (χ4v) is 3.01. The molecule has 1 N–H and O–H groups in total. The molecular weight excluding hydrogens is 328 g/mol. The van der Waals surface area contributed by atoms with Crippen molar-refractivity contribution in [3.05, 3.63) is 40.0 Å². The van der Waals surface area contributed by atoms with E-state index in [0.29, 0.717) is 0 Å². The van der Waals surface area contributed by atoms with Crippen LogP contribution >= 0.6 is 27.7 Å². The molecule has 0 aliphatic rings. The lowest BCUT2D eigenvalue weighted by Crippen LogP contribution is -2.03. The summed E-state index contributed by atoms with van der Waals surface area (Å²) in [5.74, 6) is -0.802. The molecule has 1 heterocycles. The topological polar surface area (TPSA) is 55.1 Å². The Bertz CT molecular complexity index is 625. The van der Waals surface area contributed by atoms with Gasteiger partial charge in [-0.2, -0.15) is 5.10 Å². The molecule has 4 nitrogen and oxygen atoms in total. The van der Waals surface area contributed by atoms with Crippen LogP contribution in [0.1, 0.15) is 11.3 Å². The summed E-state index contributed by atoms with van der Waals surface area (Å²) in [6.07, 6.45) is 0. The number of carboxylic acid groups (broad SMARTS) is 1. The molecule has 100 valence electrons. The number of halogens is 1. The fourth-order valence-electron chi connectivity index (χ4n) is 1.74. The first-order chi connectivity index (χ1) is 8.97. The molecular formula is C13H13BrN2O2S. The fraction of sp³-hybridized carbons (Fsp3) is 0.231. The van der Waals surface area contributed by atoms with Crippen LogP contribution in [0.4, 0.5) is 0 Å². The van der Waals surface area contributed by atoms with Gasteiger partial charge < -0.3 is 5.11 Å². The minimum absolute atomic E-state index is 0.0285. The van der Waals surface area contributed by atoms with Gasteiger partial charge in [-0.05, 0) is 43.7 Å². The number of hydrogen-bond donors (Lipinski definition) is 1. The average molecular weight is 341 g/mol. The van der Waals surface area contributed by atoms with Crippen molar-refractivity contribution in [2.24, 2.45) is 0 Å². The molecule has 0 bridgehead atoms. The van der Waals surface area contributed by atoms with E-state index in [-0.39, 0.29) is 5.75 Å². The third-order valence-electron chi connectivity index (χ3n) is 2.53. The molecule has 0 fully saturated rings. The van der Waals surface area contributed by atoms with E-state index in [2.05, 4.69) is 21.0 Å². The number of aliphatic carboxylic acids is 1. The second kappa shape index (κ2) is 5.79. The molecule has 0 atom stereocenters. The van der Waals surface area contributed by atoms with E-state index in [9.17, 15) is 4.79 Å². The third kappa shape index (κ3) is 3.39. The first kappa shape index (κ1) is 14.1. The van der Waals surface area contributed by atoms with Gasteiger partial charge in [-0.25, -0.2) is 4.68 Å². The molecule has 0 aliphatic carbocycles. The van der Waals surface area contributed by atoms with Crippen LogP contribution in [0.2, 0.25) is 0 Å². The van der Waals surface area contributed by atoms with Gasteiger partial charge in [0.15, 0.2) is 0 Å². The Labute approximate surface area is 124 Å². The number of rotatable bonds is 4. The number of hydrogen-bond acceptors (Lipinski definition) is 3. The first-order valence-electron chi connectivity index (χ1n) is 5.65. The van der Waals surface area contributed by atoms with Gasteiger partial charge in [0, 0.05) is 4.47 Å². The molecule has 0 saturated carbocycles. The van der Waals surface area contributed by atoms with Crippen LogP contribution in [0.15, 0.2) is 33.8 Å². The van der Waals surface area contributed by atoms with Crippen molar-refractivity contribution in [2.75, 3.05) is 5.75 Å². The largest absolute Gasteiger partial charge is 0.481 e. The highest BCUT2D eigenvalue weighted by Gasteiger charge is 2.11. The predicted molar refractivity (Wildman–Crippen MR) is 79.1 cm³/mol. The molecule has 0 amide bonds. The summed E-state index contributed by atoms with van der Waals surface area (Å²) in [5, 5.41) is 14.1. The molecule has 0 unspecified atom stereocenters. The van der Waals surface area contributed by atoms with Gasteiger partial charge in [-0.15, -0.1) is 0 Å². The average Bonchev–Trinajstić information content (AvgIpc) is 2.67. The second-order valence-corrected chi connectivity index (χ2v) is 6.06. The van der Waals surface area contributed by atoms with E-state index in [1.807, 2.05) is 38.1 Å². The zero-order chi connectivity index (χ0) is 14.0. The van der Waals surface area contributed by atoms with E-state index < -0.39 is 5.97 Å². The third-order valence-corrected chi connectivity index (χ3v) is 4.00. The predicted octanol–water partition coefficient (Wildman–Crippen LogP) is 3.43. The molecule has 0 saturated heterocycles. The van der Waals surface area contributed by atoms with Crippen molar-refractivity contribution >= 4 is 33.7 Å². The number of carbonyl (C=O) groups is 1. The van der Waals surface area contributed by atoms with Crippen LogP contribution in [0.5, 0.6) is 0 Å². The standard InChI is InChI=1S/C13H13BrN2O2S/c1-8-5-10(14)3-4-11(8)16-12(6-9(2)15-16)19-7-13(17)18/h3-6H,7H2,1-2H3,(H,17,18). The van der Waals surface area contributed by atoms with E-state index in [0.717, 1.165) is 26.4 Å². The summed E-state index contributed by atoms with van der Waals surface area (Å²) in [4.78, 5) is 10.7. The first-order valence-corrected chi connectivity index (χ1v) is 7.43. The minimum Gasteiger partial charge on any atom is -0.481 e. The Morgan fingerprint density at radius 2 is 2.16 bits per heavy atom. The van der Waals surface area contributed by atoms with Gasteiger partial charge in [0.1, 0.15) is 5.03 Å². The maximum Gasteiger partial charge on any atom is 0.313 e. The van der Waals surface area contributed by atoms with E-state index >= 15 is 0 Å². The molecule has 0 radical (unpaired) electrons. The van der Waals surface area contributed by atoms with E-state index in [1.54, 1.807) is 4.68 Å². The van der Waals surface area contributed by atoms with E-state index in [1.165, 1.54) is 11.8 Å². The van der Waals surface area contributed by atoms with Crippen LogP contribution in [0.3, 0.4) is 0 Å². The maximum absolute atomic E-state index is 10.7. The highest BCUT2D eigenvalue weighted by molar-refractivity contribution is 9.10. The smallest absolute Gasteiger partial charge is 0.313 e. The summed E-state index contributed by atoms with van der Waals surface area (Å²) in [6, 6.07) is 7.83. The van der Waals surface area contributed by atoms with Crippen LogP contribution in [0.25, 0.3) is 5.69 Å². The lowest BCUT2D eigenvalue weighted by molar-refractivity contribution is -0.133. The van der Waals surface area contributed by atoms with Gasteiger partial charge in [-0.1, -0.05) is 27.7 Å². The van der Waals surface area contributed by atoms with Gasteiger partial charge in [0.05, 0.1) is 17.1 Å². The number of nitrogens with zero attached hydrogens (tertiary/aromatic N) is 2. The monoisotopic (exact) mass is 340 g/mol. The Balaban J connectivity index is 2.40. The molecule has 6 heteroatoms. The van der Waals surface area contributed by atoms with Crippen molar-refractivity contribution in [2.45, 2.75) is 18.9 Å². The Morgan fingerprint density at radius 3 is 2.79 bits per heavy atom. The molecule has 2 rings (SSSR count). The van der Waals surface area contributed by atoms with Crippen molar-refractivity contribution in [1.82, 2.24) is 9.78 Å². The zero-order valence-corrected chi connectivity index (χ0v) is 13.0. The molecule has 1 aromatic heterocycles. The maximum atomic E-state index is 10.7. The number of aromatic nitrogens is 2. The second-order valence-electron chi connectivity index (χ2n) is 4.15. The van der Waals surface area contributed by atoms with Gasteiger partial charge in [0.25, 0.3) is 0 Å². The molecule has 2 aromatic rings. The molecule has 0 aliphatic heterocycles. The summed E-state index contributed by atoms with van der Waals surface area (Å²) >= 11 is 4.70. The summed E-state index contributed by atoms with van der Waals surface area (Å²) in [7, 11) is 0. The van der Waals surface area contributed by atoms with Crippen LogP contribution in [-0.4, -0.2) is 26.6 Å². The van der Waals surface area contributed by atoms with Gasteiger partial charge in [-0.3, -0.25) is 4.79 Å². The summed E-state index contributed by atoms with van der Waals surface area (Å²) in [5.41, 5.74) is 2.91. The van der Waals surface area contributed by atoms with Crippen molar-refractivity contribution in [3.8, 4) is 5.69 Å². The molecule has 0 spiro atoms. The number of carboxylic acids is 1. The normalized spacial score (nSPS) is 10.7. The SMILES string of the molecule is Cc1cc(SCC(=O)O)n(-c2ccc(Br)cc2C)n1. The Morgan fingerprint density at radius 1 is 1.42 bits per heavy atom. The lowest BCUT2D eigenvalue weighted by Gasteiger charge is -2.09. The molecule has 19 heavy (non-hydrogen) atoms. The Hall–Kier alpha value is -1.27. The van der Waals surface area contributed by atoms with Crippen LogP contribution in [0, 0.1) is 13.8 Å². The van der Waals surface area contributed by atoms with Crippen molar-refractivity contribution in [1.29, 1.82) is 0 Å². The van der Waals surface area contributed by atoms with Gasteiger partial charge >= 0.3 is 5.97 Å². The van der Waals surface area contributed by atoms with Gasteiger partial charge in [0.2, 0.25) is 0 Å². The van der Waals surface area contributed by atoms with E-state index in [4.69, 9.17) is 5.11 Å². The van der Waals surface area contributed by atoms with Crippen LogP contribution < -0.4 is 0 Å². The lowest BCUT2D eigenvalue weighted by atomic mass is 10.2. The Kier molecular flexibility index (Phi) is 4.31. The number of benzene rings is 1. The van der Waals surface area contributed by atoms with Crippen molar-refractivity contribution < 1.29 is 9.90 Å². The number of aryl methyl sites for hydroxylation is 2. The highest BCUT2D eigenvalue weighted by atomic mass is 79.9. The van der Waals surface area contributed by atoms with Crippen molar-refractivity contribution in [3.63, 3.8) is 0 Å². The van der Waals surface area contributed by atoms with Crippen LogP contribution in [-0.2, 0) is 4.79 Å². The quantitative estimate of drug-likeness (QED) is 0.866. The minimum atomic E-state index is -0.831. The highest BCUT2D eigenvalue weighted by Crippen LogP contribution is 2.26. The number of thioether (sulfide) groups is 1.